The van der Waals surface area contributed by atoms with Gasteiger partial charge in [0, 0.05) is 19.1 Å². The van der Waals surface area contributed by atoms with Crippen molar-refractivity contribution in [2.24, 2.45) is 11.1 Å². The number of carbonyl (C=O) groups is 1. The van der Waals surface area contributed by atoms with Gasteiger partial charge in [0.1, 0.15) is 0 Å². The lowest BCUT2D eigenvalue weighted by Crippen LogP contribution is -2.54. The van der Waals surface area contributed by atoms with E-state index in [4.69, 9.17) is 5.73 Å². The third kappa shape index (κ3) is 3.71. The maximum absolute atomic E-state index is 13.8. The van der Waals surface area contributed by atoms with Crippen molar-refractivity contribution in [2.75, 3.05) is 13.1 Å². The summed E-state index contributed by atoms with van der Waals surface area (Å²) in [4.78, 5) is 14.3. The summed E-state index contributed by atoms with van der Waals surface area (Å²) >= 11 is 0. The maximum Gasteiger partial charge on any atom is 0.434 e. The van der Waals surface area contributed by atoms with Gasteiger partial charge in [-0.1, -0.05) is 31.5 Å². The van der Waals surface area contributed by atoms with Gasteiger partial charge in [-0.15, -0.1) is 0 Å². The molecule has 1 atom stereocenters. The smallest absolute Gasteiger partial charge is 0.338 e. The minimum atomic E-state index is -4.71. The van der Waals surface area contributed by atoms with E-state index < -0.39 is 23.3 Å². The molecule has 1 aliphatic heterocycles. The number of halogens is 3. The molecule has 2 N–H and O–H groups in total. The third-order valence-corrected chi connectivity index (χ3v) is 5.15. The molecule has 1 aromatic carbocycles. The van der Waals surface area contributed by atoms with Crippen LogP contribution in [0.3, 0.4) is 0 Å². The zero-order chi connectivity index (χ0) is 20.0. The van der Waals surface area contributed by atoms with E-state index in [1.54, 1.807) is 24.3 Å². The van der Waals surface area contributed by atoms with Crippen molar-refractivity contribution in [1.29, 1.82) is 0 Å². The highest BCUT2D eigenvalue weighted by molar-refractivity contribution is 5.95. The Morgan fingerprint density at radius 3 is 2.44 bits per heavy atom. The number of likely N-dealkylation sites (tertiary alicyclic amines) is 1. The summed E-state index contributed by atoms with van der Waals surface area (Å²) in [5.41, 5.74) is 5.40. The quantitative estimate of drug-likeness (QED) is 0.869. The lowest BCUT2D eigenvalue weighted by atomic mass is 9.79. The highest BCUT2D eigenvalue weighted by Crippen LogP contribution is 2.35. The number of carbonyl (C=O) groups excluding carboxylic acids is 1. The monoisotopic (exact) mass is 380 g/mol. The van der Waals surface area contributed by atoms with Gasteiger partial charge in [0.05, 0.1) is 17.4 Å². The first-order valence-electron chi connectivity index (χ1n) is 8.78. The average Bonchev–Trinajstić information content (AvgIpc) is 3.02. The molecule has 5 nitrogen and oxygen atoms in total. The Morgan fingerprint density at radius 2 is 1.89 bits per heavy atom. The van der Waals surface area contributed by atoms with Gasteiger partial charge in [0.15, 0.2) is 5.69 Å². The molecule has 0 spiro atoms. The van der Waals surface area contributed by atoms with Crippen molar-refractivity contribution in [3.63, 3.8) is 0 Å². The van der Waals surface area contributed by atoms with E-state index in [1.807, 2.05) is 20.8 Å². The van der Waals surface area contributed by atoms with E-state index in [9.17, 15) is 18.0 Å². The first kappa shape index (κ1) is 19.4. The first-order valence-corrected chi connectivity index (χ1v) is 8.78. The Labute approximate surface area is 155 Å². The molecule has 1 saturated heterocycles. The minimum Gasteiger partial charge on any atom is -0.338 e. The van der Waals surface area contributed by atoms with Crippen molar-refractivity contribution >= 4 is 5.91 Å². The van der Waals surface area contributed by atoms with E-state index in [0.717, 1.165) is 16.4 Å². The first-order chi connectivity index (χ1) is 12.5. The van der Waals surface area contributed by atoms with Crippen molar-refractivity contribution in [1.82, 2.24) is 14.7 Å². The average molecular weight is 380 g/mol. The standard InChI is InChI=1S/C19H23F3N4O/c1-12-4-6-13(7-5-12)26-16(19(20,21)22)14(10-24-26)17(27)25-9-8-15(23)18(2,3)11-25/h4-7,10,15H,8-9,11,23H2,1-3H3. The molecule has 8 heteroatoms. The van der Waals surface area contributed by atoms with Gasteiger partial charge < -0.3 is 10.6 Å². The summed E-state index contributed by atoms with van der Waals surface area (Å²) in [6.45, 7) is 6.31. The molecule has 1 unspecified atom stereocenters. The van der Waals surface area contributed by atoms with Crippen LogP contribution in [0.1, 0.15) is 41.9 Å². The zero-order valence-electron chi connectivity index (χ0n) is 15.5. The lowest BCUT2D eigenvalue weighted by molar-refractivity contribution is -0.143. The Bertz CT molecular complexity index is 840. The van der Waals surface area contributed by atoms with Gasteiger partial charge in [0.2, 0.25) is 0 Å². The fraction of sp³-hybridized carbons (Fsp3) is 0.474. The van der Waals surface area contributed by atoms with Gasteiger partial charge in [0.25, 0.3) is 5.91 Å². The van der Waals surface area contributed by atoms with Crippen LogP contribution >= 0.6 is 0 Å². The predicted molar refractivity (Wildman–Crippen MR) is 95.6 cm³/mol. The van der Waals surface area contributed by atoms with E-state index in [0.29, 0.717) is 19.5 Å². The van der Waals surface area contributed by atoms with Crippen LogP contribution < -0.4 is 5.73 Å². The number of piperidine rings is 1. The number of hydrogen-bond donors (Lipinski definition) is 1. The van der Waals surface area contributed by atoms with E-state index in [2.05, 4.69) is 5.10 Å². The fourth-order valence-electron chi connectivity index (χ4n) is 3.38. The molecule has 0 aliphatic carbocycles. The van der Waals surface area contributed by atoms with Crippen LogP contribution in [0, 0.1) is 12.3 Å². The molecule has 3 rings (SSSR count). The van der Waals surface area contributed by atoms with E-state index in [-0.39, 0.29) is 17.1 Å². The van der Waals surface area contributed by atoms with Gasteiger partial charge >= 0.3 is 6.18 Å². The highest BCUT2D eigenvalue weighted by Gasteiger charge is 2.43. The molecule has 0 saturated carbocycles. The maximum atomic E-state index is 13.8. The number of alkyl halides is 3. The predicted octanol–water partition coefficient (Wildman–Crippen LogP) is 3.40. The molecule has 2 aromatic rings. The van der Waals surface area contributed by atoms with Gasteiger partial charge in [-0.25, -0.2) is 4.68 Å². The molecular formula is C19H23F3N4O. The van der Waals surface area contributed by atoms with Crippen LogP contribution in [0.4, 0.5) is 13.2 Å². The van der Waals surface area contributed by atoms with Crippen molar-refractivity contribution in [3.05, 3.63) is 47.3 Å². The molecule has 1 aromatic heterocycles. The summed E-state index contributed by atoms with van der Waals surface area (Å²) in [7, 11) is 0. The van der Waals surface area contributed by atoms with Crippen LogP contribution in [0.15, 0.2) is 30.5 Å². The second kappa shape index (κ2) is 6.67. The minimum absolute atomic E-state index is 0.0982. The van der Waals surface area contributed by atoms with Gasteiger partial charge in [-0.05, 0) is 30.9 Å². The number of benzene rings is 1. The molecule has 0 radical (unpaired) electrons. The van der Waals surface area contributed by atoms with Crippen molar-refractivity contribution in [2.45, 2.75) is 39.4 Å². The van der Waals surface area contributed by atoms with Crippen LogP contribution in [0.2, 0.25) is 0 Å². The number of nitrogens with two attached hydrogens (primary N) is 1. The van der Waals surface area contributed by atoms with Crippen LogP contribution in [0.5, 0.6) is 0 Å². The van der Waals surface area contributed by atoms with E-state index in [1.165, 1.54) is 4.90 Å². The van der Waals surface area contributed by atoms with Gasteiger partial charge in [-0.3, -0.25) is 4.79 Å². The topological polar surface area (TPSA) is 64.2 Å². The number of nitrogens with zero attached hydrogens (tertiary/aromatic N) is 3. The third-order valence-electron chi connectivity index (χ3n) is 5.15. The number of aromatic nitrogens is 2. The number of hydrogen-bond acceptors (Lipinski definition) is 3. The summed E-state index contributed by atoms with van der Waals surface area (Å²) in [6, 6.07) is 6.41. The van der Waals surface area contributed by atoms with Crippen molar-refractivity contribution in [3.8, 4) is 5.69 Å². The molecule has 1 amide bonds. The van der Waals surface area contributed by atoms with Gasteiger partial charge in [-0.2, -0.15) is 18.3 Å². The lowest BCUT2D eigenvalue weighted by Gasteiger charge is -2.42. The Balaban J connectivity index is 2.01. The van der Waals surface area contributed by atoms with E-state index >= 15 is 0 Å². The zero-order valence-corrected chi connectivity index (χ0v) is 15.5. The molecular weight excluding hydrogens is 357 g/mol. The van der Waals surface area contributed by atoms with Crippen molar-refractivity contribution < 1.29 is 18.0 Å². The molecule has 1 fully saturated rings. The Hall–Kier alpha value is -2.35. The van der Waals surface area contributed by atoms with Crippen LogP contribution in [0.25, 0.3) is 5.69 Å². The second-order valence-corrected chi connectivity index (χ2v) is 7.76. The Morgan fingerprint density at radius 1 is 1.26 bits per heavy atom. The number of aryl methyl sites for hydroxylation is 1. The van der Waals surface area contributed by atoms with Crippen LogP contribution in [-0.2, 0) is 6.18 Å². The Kier molecular flexibility index (Phi) is 4.80. The second-order valence-electron chi connectivity index (χ2n) is 7.76. The SMILES string of the molecule is Cc1ccc(-n2ncc(C(=O)N3CCC(N)C(C)(C)C3)c2C(F)(F)F)cc1. The summed E-state index contributed by atoms with van der Waals surface area (Å²) in [6.07, 6.45) is -3.16. The summed E-state index contributed by atoms with van der Waals surface area (Å²) in [5, 5.41) is 3.87. The largest absolute Gasteiger partial charge is 0.434 e. The van der Waals surface area contributed by atoms with Crippen LogP contribution in [-0.4, -0.2) is 39.7 Å². The highest BCUT2D eigenvalue weighted by atomic mass is 19.4. The molecule has 2 heterocycles. The fourth-order valence-corrected chi connectivity index (χ4v) is 3.38. The normalized spacial score (nSPS) is 20.0. The summed E-state index contributed by atoms with van der Waals surface area (Å²) < 4.78 is 42.2. The molecule has 0 bridgehead atoms. The molecule has 27 heavy (non-hydrogen) atoms. The summed E-state index contributed by atoms with van der Waals surface area (Å²) in [5.74, 6) is -0.666. The number of rotatable bonds is 2. The molecule has 1 aliphatic rings. The molecule has 146 valence electrons. The number of amides is 1.